The molecule has 8 heteroatoms. The summed E-state index contributed by atoms with van der Waals surface area (Å²) in [5, 5.41) is 2.64. The van der Waals surface area contributed by atoms with Gasteiger partial charge in [0.1, 0.15) is 17.4 Å². The van der Waals surface area contributed by atoms with Crippen LogP contribution >= 0.6 is 0 Å². The zero-order valence-corrected chi connectivity index (χ0v) is 12.5. The Morgan fingerprint density at radius 2 is 1.74 bits per heavy atom. The zero-order chi connectivity index (χ0) is 16.6. The van der Waals surface area contributed by atoms with Crippen molar-refractivity contribution in [1.29, 1.82) is 0 Å². The van der Waals surface area contributed by atoms with Crippen molar-refractivity contribution in [2.45, 2.75) is 17.7 Å². The van der Waals surface area contributed by atoms with Crippen LogP contribution in [0.1, 0.15) is 12.0 Å². The van der Waals surface area contributed by atoms with Crippen LogP contribution in [0.5, 0.6) is 5.75 Å². The van der Waals surface area contributed by atoms with Gasteiger partial charge in [-0.05, 0) is 42.3 Å². The highest BCUT2D eigenvalue weighted by molar-refractivity contribution is 7.87. The normalized spacial score (nSPS) is 14.1. The van der Waals surface area contributed by atoms with Gasteiger partial charge in [-0.15, -0.1) is 0 Å². The fourth-order valence-electron chi connectivity index (χ4n) is 2.30. The third kappa shape index (κ3) is 3.02. The maximum Gasteiger partial charge on any atom is 0.345 e. The lowest BCUT2D eigenvalue weighted by molar-refractivity contribution is -0.116. The molecule has 2 aromatic carbocycles. The number of carbonyl (C=O) groups is 1. The predicted octanol–water partition coefficient (Wildman–Crippen LogP) is 2.62. The molecule has 5 nitrogen and oxygen atoms in total. The summed E-state index contributed by atoms with van der Waals surface area (Å²) in [5.74, 6) is -2.67. The molecule has 3 rings (SSSR count). The first kappa shape index (κ1) is 15.4. The summed E-state index contributed by atoms with van der Waals surface area (Å²) in [7, 11) is -4.65. The van der Waals surface area contributed by atoms with Gasteiger partial charge >= 0.3 is 10.1 Å². The zero-order valence-electron chi connectivity index (χ0n) is 11.7. The van der Waals surface area contributed by atoms with E-state index in [1.807, 2.05) is 0 Å². The Morgan fingerprint density at radius 1 is 1.04 bits per heavy atom. The van der Waals surface area contributed by atoms with Crippen molar-refractivity contribution in [3.8, 4) is 5.75 Å². The second-order valence-electron chi connectivity index (χ2n) is 4.96. The highest BCUT2D eigenvalue weighted by Crippen LogP contribution is 2.29. The molecule has 1 heterocycles. The minimum Gasteiger partial charge on any atom is -0.379 e. The molecule has 0 aliphatic carbocycles. The second-order valence-corrected chi connectivity index (χ2v) is 6.44. The molecule has 0 unspecified atom stereocenters. The van der Waals surface area contributed by atoms with Gasteiger partial charge in [-0.1, -0.05) is 6.07 Å². The van der Waals surface area contributed by atoms with Crippen molar-refractivity contribution in [2.24, 2.45) is 0 Å². The Labute approximate surface area is 131 Å². The summed E-state index contributed by atoms with van der Waals surface area (Å²) in [5.41, 5.74) is 1.24. The van der Waals surface area contributed by atoms with Crippen LogP contribution in [-0.4, -0.2) is 14.3 Å². The molecular formula is C15H11F2NO4S. The number of rotatable bonds is 3. The Hall–Kier alpha value is -2.48. The number of amides is 1. The number of benzene rings is 2. The Morgan fingerprint density at radius 3 is 2.43 bits per heavy atom. The average Bonchev–Trinajstić information content (AvgIpc) is 2.46. The highest BCUT2D eigenvalue weighted by Gasteiger charge is 2.26. The molecule has 0 radical (unpaired) electrons. The lowest BCUT2D eigenvalue weighted by Crippen LogP contribution is -2.19. The molecule has 0 aromatic heterocycles. The van der Waals surface area contributed by atoms with Gasteiger partial charge in [-0.3, -0.25) is 4.79 Å². The van der Waals surface area contributed by atoms with E-state index >= 15 is 0 Å². The van der Waals surface area contributed by atoms with Crippen LogP contribution in [0.2, 0.25) is 0 Å². The summed E-state index contributed by atoms with van der Waals surface area (Å²) >= 11 is 0. The minimum absolute atomic E-state index is 0.0810. The molecule has 0 spiro atoms. The first-order valence-corrected chi connectivity index (χ1v) is 8.09. The number of halogens is 2. The topological polar surface area (TPSA) is 72.5 Å². The van der Waals surface area contributed by atoms with Crippen molar-refractivity contribution in [2.75, 3.05) is 5.32 Å². The van der Waals surface area contributed by atoms with Crippen LogP contribution in [-0.2, 0) is 21.3 Å². The molecule has 1 N–H and O–H groups in total. The number of fused-ring (bicyclic) bond motifs is 1. The van der Waals surface area contributed by atoms with E-state index < -0.39 is 26.6 Å². The molecule has 0 saturated carbocycles. The molecule has 1 aliphatic rings. The lowest BCUT2D eigenvalue weighted by atomic mass is 10.0. The number of carbonyl (C=O) groups excluding carboxylic acids is 1. The van der Waals surface area contributed by atoms with Gasteiger partial charge < -0.3 is 9.50 Å². The Kier molecular flexibility index (Phi) is 3.77. The van der Waals surface area contributed by atoms with Crippen molar-refractivity contribution in [3.05, 3.63) is 53.6 Å². The van der Waals surface area contributed by atoms with Crippen LogP contribution in [0.4, 0.5) is 14.5 Å². The van der Waals surface area contributed by atoms with Gasteiger partial charge in [0.2, 0.25) is 5.91 Å². The summed E-state index contributed by atoms with van der Waals surface area (Å²) in [6.45, 7) is 0. The van der Waals surface area contributed by atoms with E-state index in [9.17, 15) is 22.0 Å². The van der Waals surface area contributed by atoms with E-state index in [1.54, 1.807) is 0 Å². The van der Waals surface area contributed by atoms with Crippen molar-refractivity contribution >= 4 is 21.7 Å². The molecule has 1 amide bonds. The standard InChI is InChI=1S/C15H11F2NO4S/c16-11-2-1-3-12(17)15(11)23(20,21)22-10-5-6-13-9(8-10)4-7-14(19)18-13/h1-3,5-6,8H,4,7H2,(H,18,19). The van der Waals surface area contributed by atoms with Gasteiger partial charge in [0.05, 0.1) is 0 Å². The van der Waals surface area contributed by atoms with Crippen LogP contribution in [0.3, 0.4) is 0 Å². The fraction of sp³-hybridized carbons (Fsp3) is 0.133. The van der Waals surface area contributed by atoms with Gasteiger partial charge in [-0.2, -0.15) is 8.42 Å². The van der Waals surface area contributed by atoms with E-state index in [4.69, 9.17) is 4.18 Å². The van der Waals surface area contributed by atoms with E-state index in [2.05, 4.69) is 5.32 Å². The Balaban J connectivity index is 1.94. The minimum atomic E-state index is -4.65. The van der Waals surface area contributed by atoms with E-state index in [1.165, 1.54) is 18.2 Å². The monoisotopic (exact) mass is 339 g/mol. The van der Waals surface area contributed by atoms with Gasteiger partial charge in [-0.25, -0.2) is 8.78 Å². The van der Waals surface area contributed by atoms with Crippen molar-refractivity contribution in [3.63, 3.8) is 0 Å². The summed E-state index contributed by atoms with van der Waals surface area (Å²) in [4.78, 5) is 10.1. The first-order chi connectivity index (χ1) is 10.9. The molecule has 0 fully saturated rings. The van der Waals surface area contributed by atoms with Gasteiger partial charge in [0.25, 0.3) is 0 Å². The summed E-state index contributed by atoms with van der Waals surface area (Å²) in [6, 6.07) is 6.94. The molecule has 120 valence electrons. The van der Waals surface area contributed by atoms with E-state index in [0.29, 0.717) is 17.7 Å². The smallest absolute Gasteiger partial charge is 0.345 e. The number of hydrogen-bond acceptors (Lipinski definition) is 4. The molecule has 23 heavy (non-hydrogen) atoms. The fourth-order valence-corrected chi connectivity index (χ4v) is 3.36. The number of anilines is 1. The van der Waals surface area contributed by atoms with Crippen LogP contribution in [0.25, 0.3) is 0 Å². The molecule has 0 atom stereocenters. The molecule has 0 saturated heterocycles. The molecule has 0 bridgehead atoms. The van der Waals surface area contributed by atoms with Crippen LogP contribution < -0.4 is 9.50 Å². The first-order valence-electron chi connectivity index (χ1n) is 6.68. The predicted molar refractivity (Wildman–Crippen MR) is 77.6 cm³/mol. The summed E-state index contributed by atoms with van der Waals surface area (Å²) in [6.07, 6.45) is 0.692. The highest BCUT2D eigenvalue weighted by atomic mass is 32.2. The molecule has 2 aromatic rings. The van der Waals surface area contributed by atoms with Crippen LogP contribution in [0.15, 0.2) is 41.3 Å². The summed E-state index contributed by atoms with van der Waals surface area (Å²) < 4.78 is 56.2. The molecule has 1 aliphatic heterocycles. The largest absolute Gasteiger partial charge is 0.379 e. The third-order valence-electron chi connectivity index (χ3n) is 3.35. The number of nitrogens with one attached hydrogen (secondary N) is 1. The Bertz CT molecular complexity index is 876. The average molecular weight is 339 g/mol. The van der Waals surface area contributed by atoms with E-state index in [0.717, 1.165) is 18.2 Å². The van der Waals surface area contributed by atoms with Gasteiger partial charge in [0, 0.05) is 12.1 Å². The van der Waals surface area contributed by atoms with Crippen LogP contribution in [0, 0.1) is 11.6 Å². The SMILES string of the molecule is O=C1CCc2cc(OS(=O)(=O)c3c(F)cccc3F)ccc2N1. The second kappa shape index (κ2) is 5.62. The van der Waals surface area contributed by atoms with Crippen molar-refractivity contribution in [1.82, 2.24) is 0 Å². The van der Waals surface area contributed by atoms with Crippen molar-refractivity contribution < 1.29 is 26.2 Å². The lowest BCUT2D eigenvalue weighted by Gasteiger charge is -2.17. The number of aryl methyl sites for hydroxylation is 1. The quantitative estimate of drug-likeness (QED) is 0.873. The maximum absolute atomic E-state index is 13.6. The third-order valence-corrected chi connectivity index (χ3v) is 4.65. The van der Waals surface area contributed by atoms with Gasteiger partial charge in [0.15, 0.2) is 4.90 Å². The maximum atomic E-state index is 13.6. The number of hydrogen-bond donors (Lipinski definition) is 1. The van der Waals surface area contributed by atoms with E-state index in [-0.39, 0.29) is 18.1 Å². The molecular weight excluding hydrogens is 328 g/mol.